The molecule has 0 aromatic carbocycles. The summed E-state index contributed by atoms with van der Waals surface area (Å²) < 4.78 is 0. The van der Waals surface area contributed by atoms with Gasteiger partial charge in [0.2, 0.25) is 5.91 Å². The maximum atomic E-state index is 12.5. The molecule has 1 aromatic rings. The quantitative estimate of drug-likeness (QED) is 0.863. The number of likely N-dealkylation sites (N-methyl/N-ethyl adjacent to an activating group) is 1. The number of Topliss-reactive ketones (excluding diaryl/α,β-unsaturated/α-hetero) is 1. The first-order valence-electron chi connectivity index (χ1n) is 6.68. The van der Waals surface area contributed by atoms with Crippen LogP contribution in [-0.4, -0.2) is 42.1 Å². The summed E-state index contributed by atoms with van der Waals surface area (Å²) in [6.07, 6.45) is 2.55. The zero-order valence-corrected chi connectivity index (χ0v) is 12.5. The van der Waals surface area contributed by atoms with Crippen molar-refractivity contribution in [3.8, 4) is 0 Å². The van der Waals surface area contributed by atoms with Crippen LogP contribution in [0.25, 0.3) is 0 Å². The van der Waals surface area contributed by atoms with E-state index in [-0.39, 0.29) is 17.6 Å². The Morgan fingerprint density at radius 3 is 2.55 bits per heavy atom. The van der Waals surface area contributed by atoms with Gasteiger partial charge in [0.25, 0.3) is 5.91 Å². The minimum absolute atomic E-state index is 0.0458. The van der Waals surface area contributed by atoms with Crippen molar-refractivity contribution in [2.75, 3.05) is 13.6 Å². The van der Waals surface area contributed by atoms with Crippen molar-refractivity contribution in [1.29, 1.82) is 0 Å². The van der Waals surface area contributed by atoms with Crippen molar-refractivity contribution in [3.63, 3.8) is 0 Å². The molecule has 1 aliphatic heterocycles. The van der Waals surface area contributed by atoms with Gasteiger partial charge >= 0.3 is 0 Å². The number of piperidine rings is 1. The van der Waals surface area contributed by atoms with Crippen LogP contribution in [-0.2, 0) is 4.79 Å². The van der Waals surface area contributed by atoms with Crippen LogP contribution in [0.5, 0.6) is 0 Å². The molecule has 1 N–H and O–H groups in total. The number of ketones is 1. The van der Waals surface area contributed by atoms with Crippen LogP contribution in [0, 0.1) is 0 Å². The first-order chi connectivity index (χ1) is 9.54. The summed E-state index contributed by atoms with van der Waals surface area (Å²) in [5.41, 5.74) is 0. The highest BCUT2D eigenvalue weighted by Gasteiger charge is 2.32. The fourth-order valence-corrected chi connectivity index (χ4v) is 3.25. The largest absolute Gasteiger partial charge is 0.357 e. The van der Waals surface area contributed by atoms with Gasteiger partial charge in [-0.3, -0.25) is 14.4 Å². The molecule has 108 valence electrons. The molecule has 1 aromatic heterocycles. The SMILES string of the molecule is CNC(=O)C1CCCCN1C(=O)c1ccc(C(C)=O)s1. The van der Waals surface area contributed by atoms with E-state index in [4.69, 9.17) is 0 Å². The molecule has 1 fully saturated rings. The Labute approximate surface area is 122 Å². The van der Waals surface area contributed by atoms with Gasteiger partial charge in [0.1, 0.15) is 6.04 Å². The number of rotatable bonds is 3. The van der Waals surface area contributed by atoms with Crippen molar-refractivity contribution in [3.05, 3.63) is 21.9 Å². The molecule has 6 heteroatoms. The summed E-state index contributed by atoms with van der Waals surface area (Å²) >= 11 is 1.19. The fraction of sp³-hybridized carbons (Fsp3) is 0.500. The number of hydrogen-bond acceptors (Lipinski definition) is 4. The molecule has 0 aliphatic carbocycles. The minimum Gasteiger partial charge on any atom is -0.357 e. The first kappa shape index (κ1) is 14.7. The van der Waals surface area contributed by atoms with Gasteiger partial charge in [-0.1, -0.05) is 0 Å². The van der Waals surface area contributed by atoms with Crippen LogP contribution in [0.15, 0.2) is 12.1 Å². The van der Waals surface area contributed by atoms with E-state index in [1.54, 1.807) is 24.1 Å². The molecule has 0 spiro atoms. The van der Waals surface area contributed by atoms with E-state index in [1.807, 2.05) is 0 Å². The zero-order valence-electron chi connectivity index (χ0n) is 11.6. The van der Waals surface area contributed by atoms with E-state index >= 15 is 0 Å². The highest BCUT2D eigenvalue weighted by atomic mass is 32.1. The monoisotopic (exact) mass is 294 g/mol. The molecule has 2 rings (SSSR count). The first-order valence-corrected chi connectivity index (χ1v) is 7.49. The molecule has 5 nitrogen and oxygen atoms in total. The van der Waals surface area contributed by atoms with Crippen molar-refractivity contribution >= 4 is 28.9 Å². The molecule has 1 saturated heterocycles. The summed E-state index contributed by atoms with van der Waals surface area (Å²) in [4.78, 5) is 38.4. The number of thiophene rings is 1. The molecule has 1 aliphatic rings. The van der Waals surface area contributed by atoms with E-state index in [0.29, 0.717) is 22.7 Å². The van der Waals surface area contributed by atoms with Crippen LogP contribution >= 0.6 is 11.3 Å². The topological polar surface area (TPSA) is 66.5 Å². The molecule has 2 heterocycles. The van der Waals surface area contributed by atoms with Gasteiger partial charge in [0.15, 0.2) is 5.78 Å². The van der Waals surface area contributed by atoms with E-state index in [2.05, 4.69) is 5.32 Å². The van der Waals surface area contributed by atoms with E-state index in [9.17, 15) is 14.4 Å². The van der Waals surface area contributed by atoms with Crippen molar-refractivity contribution in [1.82, 2.24) is 10.2 Å². The summed E-state index contributed by atoms with van der Waals surface area (Å²) in [5.74, 6) is -0.326. The van der Waals surface area contributed by atoms with Gasteiger partial charge < -0.3 is 10.2 Å². The fourth-order valence-electron chi connectivity index (χ4n) is 2.40. The maximum Gasteiger partial charge on any atom is 0.264 e. The van der Waals surface area contributed by atoms with Crippen LogP contribution in [0.3, 0.4) is 0 Å². The number of likely N-dealkylation sites (tertiary alicyclic amines) is 1. The van der Waals surface area contributed by atoms with Crippen LogP contribution in [0.2, 0.25) is 0 Å². The molecule has 20 heavy (non-hydrogen) atoms. The molecule has 0 bridgehead atoms. The highest BCUT2D eigenvalue weighted by Crippen LogP contribution is 2.24. The Morgan fingerprint density at radius 1 is 1.25 bits per heavy atom. The van der Waals surface area contributed by atoms with Crippen LogP contribution in [0.4, 0.5) is 0 Å². The van der Waals surface area contributed by atoms with Crippen LogP contribution in [0.1, 0.15) is 45.5 Å². The normalized spacial score (nSPS) is 18.7. The van der Waals surface area contributed by atoms with Gasteiger partial charge in [-0.05, 0) is 38.3 Å². The summed E-state index contributed by atoms with van der Waals surface area (Å²) in [6.45, 7) is 2.07. The lowest BCUT2D eigenvalue weighted by Gasteiger charge is -2.34. The Bertz CT molecular complexity index is 538. The van der Waals surface area contributed by atoms with E-state index in [0.717, 1.165) is 12.8 Å². The maximum absolute atomic E-state index is 12.5. The second-order valence-electron chi connectivity index (χ2n) is 4.84. The van der Waals surface area contributed by atoms with Crippen LogP contribution < -0.4 is 5.32 Å². The molecule has 1 unspecified atom stereocenters. The lowest BCUT2D eigenvalue weighted by atomic mass is 10.0. The third kappa shape index (κ3) is 2.90. The van der Waals surface area contributed by atoms with Gasteiger partial charge in [0, 0.05) is 13.6 Å². The van der Waals surface area contributed by atoms with E-state index in [1.165, 1.54) is 18.3 Å². The third-order valence-electron chi connectivity index (χ3n) is 3.48. The Morgan fingerprint density at radius 2 is 1.95 bits per heavy atom. The Kier molecular flexibility index (Phi) is 4.54. The Balaban J connectivity index is 2.20. The number of carbonyl (C=O) groups is 3. The van der Waals surface area contributed by atoms with Crippen molar-refractivity contribution in [2.24, 2.45) is 0 Å². The van der Waals surface area contributed by atoms with Crippen molar-refractivity contribution < 1.29 is 14.4 Å². The van der Waals surface area contributed by atoms with Gasteiger partial charge in [0.05, 0.1) is 9.75 Å². The average molecular weight is 294 g/mol. The lowest BCUT2D eigenvalue weighted by molar-refractivity contribution is -0.126. The molecule has 0 radical (unpaired) electrons. The van der Waals surface area contributed by atoms with Gasteiger partial charge in [-0.25, -0.2) is 0 Å². The number of hydrogen-bond donors (Lipinski definition) is 1. The summed E-state index contributed by atoms with van der Waals surface area (Å²) in [6, 6.07) is 2.93. The average Bonchev–Trinajstić information content (AvgIpc) is 2.95. The van der Waals surface area contributed by atoms with E-state index < -0.39 is 6.04 Å². The molecular formula is C14H18N2O3S. The minimum atomic E-state index is -0.399. The second-order valence-corrected chi connectivity index (χ2v) is 5.93. The number of amides is 2. The third-order valence-corrected chi connectivity index (χ3v) is 4.65. The molecule has 1 atom stereocenters. The summed E-state index contributed by atoms with van der Waals surface area (Å²) in [5, 5.41) is 2.61. The van der Waals surface area contributed by atoms with Gasteiger partial charge in [-0.2, -0.15) is 0 Å². The predicted octanol–water partition coefficient (Wildman–Crippen LogP) is 1.69. The number of nitrogens with one attached hydrogen (secondary N) is 1. The smallest absolute Gasteiger partial charge is 0.264 e. The highest BCUT2D eigenvalue weighted by molar-refractivity contribution is 7.15. The summed E-state index contributed by atoms with van der Waals surface area (Å²) in [7, 11) is 1.58. The number of nitrogens with zero attached hydrogens (tertiary/aromatic N) is 1. The van der Waals surface area contributed by atoms with Crippen molar-refractivity contribution in [2.45, 2.75) is 32.2 Å². The zero-order chi connectivity index (χ0) is 14.7. The number of carbonyl (C=O) groups excluding carboxylic acids is 3. The predicted molar refractivity (Wildman–Crippen MR) is 77.1 cm³/mol. The lowest BCUT2D eigenvalue weighted by Crippen LogP contribution is -2.51. The second kappa shape index (κ2) is 6.17. The molecule has 2 amide bonds. The molecule has 0 saturated carbocycles. The Hall–Kier alpha value is -1.69. The van der Waals surface area contributed by atoms with Gasteiger partial charge in [-0.15, -0.1) is 11.3 Å². The standard InChI is InChI=1S/C14H18N2O3S/c1-9(17)11-6-7-12(20-11)14(19)16-8-4-3-5-10(16)13(18)15-2/h6-7,10H,3-5,8H2,1-2H3,(H,15,18). The molecular weight excluding hydrogens is 276 g/mol.